The van der Waals surface area contributed by atoms with Crippen LogP contribution in [-0.2, 0) is 16.6 Å². The van der Waals surface area contributed by atoms with Crippen LogP contribution in [0.3, 0.4) is 0 Å². The Labute approximate surface area is 122 Å². The molecule has 108 valence electrons. The third-order valence-corrected chi connectivity index (χ3v) is 4.39. The molecule has 0 saturated heterocycles. The van der Waals surface area contributed by atoms with E-state index in [1.165, 1.54) is 0 Å². The van der Waals surface area contributed by atoms with Crippen LogP contribution in [0.25, 0.3) is 11.3 Å². The molecule has 0 unspecified atom stereocenters. The first-order valence-corrected chi connectivity index (χ1v) is 8.85. The molecule has 0 amide bonds. The Bertz CT molecular complexity index is 639. The first-order valence-electron chi connectivity index (χ1n) is 6.25. The largest absolute Gasteiger partial charge is 0.310 e. The molecule has 0 fully saturated rings. The minimum atomic E-state index is -3.35. The number of benzene rings is 1. The summed E-state index contributed by atoms with van der Waals surface area (Å²) in [5.41, 5.74) is 2.07. The lowest BCUT2D eigenvalue weighted by atomic mass is 10.2. The van der Waals surface area contributed by atoms with Gasteiger partial charge in [0, 0.05) is 17.5 Å². The molecule has 0 aliphatic carbocycles. The van der Waals surface area contributed by atoms with E-state index >= 15 is 0 Å². The smallest absolute Gasteiger partial charge is 0.209 e. The predicted molar refractivity (Wildman–Crippen MR) is 81.8 cm³/mol. The van der Waals surface area contributed by atoms with E-state index in [-0.39, 0.29) is 5.75 Å². The monoisotopic (exact) mass is 311 g/mol. The van der Waals surface area contributed by atoms with Crippen molar-refractivity contribution in [2.24, 2.45) is 5.14 Å². The Hall–Kier alpha value is -1.28. The van der Waals surface area contributed by atoms with Crippen molar-refractivity contribution in [3.05, 3.63) is 40.7 Å². The summed E-state index contributed by atoms with van der Waals surface area (Å²) >= 11 is 1.59. The van der Waals surface area contributed by atoms with E-state index in [9.17, 15) is 8.42 Å². The first kappa shape index (κ1) is 15.1. The normalized spacial score (nSPS) is 11.7. The quantitative estimate of drug-likeness (QED) is 0.760. The molecular weight excluding hydrogens is 294 g/mol. The second-order valence-corrected chi connectivity index (χ2v) is 7.07. The Kier molecular flexibility index (Phi) is 5.24. The molecule has 0 saturated carbocycles. The molecule has 0 atom stereocenters. The zero-order valence-electron chi connectivity index (χ0n) is 11.0. The summed E-state index contributed by atoms with van der Waals surface area (Å²) in [7, 11) is -3.35. The SMILES string of the molecule is NS(=O)(=O)CCCNCc1nc(-c2ccccc2)cs1. The number of primary sulfonamides is 1. The van der Waals surface area contributed by atoms with E-state index in [0.29, 0.717) is 19.5 Å². The van der Waals surface area contributed by atoms with Gasteiger partial charge in [0.1, 0.15) is 5.01 Å². The molecule has 1 heterocycles. The van der Waals surface area contributed by atoms with Gasteiger partial charge in [-0.15, -0.1) is 11.3 Å². The zero-order valence-corrected chi connectivity index (χ0v) is 12.6. The van der Waals surface area contributed by atoms with Crippen molar-refractivity contribution in [1.29, 1.82) is 0 Å². The Balaban J connectivity index is 1.79. The van der Waals surface area contributed by atoms with Crippen molar-refractivity contribution in [2.45, 2.75) is 13.0 Å². The van der Waals surface area contributed by atoms with Crippen LogP contribution in [0.1, 0.15) is 11.4 Å². The molecule has 0 bridgehead atoms. The maximum Gasteiger partial charge on any atom is 0.209 e. The van der Waals surface area contributed by atoms with Crippen molar-refractivity contribution >= 4 is 21.4 Å². The molecule has 0 aliphatic rings. The summed E-state index contributed by atoms with van der Waals surface area (Å²) < 4.78 is 21.5. The summed E-state index contributed by atoms with van der Waals surface area (Å²) in [6.45, 7) is 1.25. The van der Waals surface area contributed by atoms with Gasteiger partial charge in [0.25, 0.3) is 0 Å². The average Bonchev–Trinajstić information content (AvgIpc) is 2.87. The minimum absolute atomic E-state index is 0.00708. The lowest BCUT2D eigenvalue weighted by Crippen LogP contribution is -2.21. The van der Waals surface area contributed by atoms with Crippen molar-refractivity contribution in [3.8, 4) is 11.3 Å². The van der Waals surface area contributed by atoms with Crippen molar-refractivity contribution in [2.75, 3.05) is 12.3 Å². The standard InChI is InChI=1S/C13H17N3O2S2/c14-20(17,18)8-4-7-15-9-13-16-12(10-19-13)11-5-2-1-3-6-11/h1-3,5-6,10,15H,4,7-9H2,(H2,14,17,18). The molecule has 1 aromatic carbocycles. The fraction of sp³-hybridized carbons (Fsp3) is 0.308. The van der Waals surface area contributed by atoms with Crippen molar-refractivity contribution < 1.29 is 8.42 Å². The molecule has 7 heteroatoms. The highest BCUT2D eigenvalue weighted by atomic mass is 32.2. The third-order valence-electron chi connectivity index (χ3n) is 2.68. The topological polar surface area (TPSA) is 85.1 Å². The van der Waals surface area contributed by atoms with Crippen molar-refractivity contribution in [1.82, 2.24) is 10.3 Å². The van der Waals surface area contributed by atoms with Gasteiger partial charge in [0.2, 0.25) is 10.0 Å². The number of nitrogens with zero attached hydrogens (tertiary/aromatic N) is 1. The Morgan fingerprint density at radius 2 is 2.00 bits per heavy atom. The van der Waals surface area contributed by atoms with E-state index in [2.05, 4.69) is 10.3 Å². The van der Waals surface area contributed by atoms with Gasteiger partial charge in [-0.1, -0.05) is 30.3 Å². The predicted octanol–water partition coefficient (Wildman–Crippen LogP) is 1.58. The van der Waals surface area contributed by atoms with Gasteiger partial charge in [-0.05, 0) is 13.0 Å². The van der Waals surface area contributed by atoms with Crippen LogP contribution < -0.4 is 10.5 Å². The maximum atomic E-state index is 10.8. The van der Waals surface area contributed by atoms with Crippen LogP contribution >= 0.6 is 11.3 Å². The highest BCUT2D eigenvalue weighted by Crippen LogP contribution is 2.21. The van der Waals surface area contributed by atoms with E-state index < -0.39 is 10.0 Å². The van der Waals surface area contributed by atoms with Crippen LogP contribution in [-0.4, -0.2) is 25.7 Å². The molecular formula is C13H17N3O2S2. The van der Waals surface area contributed by atoms with E-state index in [0.717, 1.165) is 16.3 Å². The summed E-state index contributed by atoms with van der Waals surface area (Å²) in [4.78, 5) is 4.54. The maximum absolute atomic E-state index is 10.8. The van der Waals surface area contributed by atoms with Crippen LogP contribution in [0, 0.1) is 0 Å². The molecule has 5 nitrogen and oxygen atoms in total. The number of nitrogens with one attached hydrogen (secondary N) is 1. The summed E-state index contributed by atoms with van der Waals surface area (Å²) in [5, 5.41) is 11.1. The summed E-state index contributed by atoms with van der Waals surface area (Å²) in [5.74, 6) is 0.00708. The highest BCUT2D eigenvalue weighted by molar-refractivity contribution is 7.89. The van der Waals surface area contributed by atoms with Gasteiger partial charge < -0.3 is 5.32 Å². The highest BCUT2D eigenvalue weighted by Gasteiger charge is 2.04. The number of hydrogen-bond donors (Lipinski definition) is 2. The molecule has 2 aromatic rings. The fourth-order valence-corrected chi connectivity index (χ4v) is 3.05. The first-order chi connectivity index (χ1) is 9.54. The van der Waals surface area contributed by atoms with Crippen molar-refractivity contribution in [3.63, 3.8) is 0 Å². The van der Waals surface area contributed by atoms with Crippen LogP contribution in [0.4, 0.5) is 0 Å². The number of thiazole rings is 1. The number of rotatable bonds is 7. The third kappa shape index (κ3) is 5.01. The van der Waals surface area contributed by atoms with Crippen LogP contribution in [0.15, 0.2) is 35.7 Å². The van der Waals surface area contributed by atoms with Gasteiger partial charge in [-0.2, -0.15) is 0 Å². The second-order valence-electron chi connectivity index (χ2n) is 4.39. The zero-order chi connectivity index (χ0) is 14.4. The average molecular weight is 311 g/mol. The van der Waals surface area contributed by atoms with Gasteiger partial charge in [-0.25, -0.2) is 18.5 Å². The molecule has 1 aromatic heterocycles. The van der Waals surface area contributed by atoms with Crippen LogP contribution in [0.5, 0.6) is 0 Å². The molecule has 0 aliphatic heterocycles. The molecule has 2 rings (SSSR count). The van der Waals surface area contributed by atoms with Gasteiger partial charge in [0.15, 0.2) is 0 Å². The number of nitrogens with two attached hydrogens (primary N) is 1. The number of hydrogen-bond acceptors (Lipinski definition) is 5. The second kappa shape index (κ2) is 6.94. The van der Waals surface area contributed by atoms with Crippen LogP contribution in [0.2, 0.25) is 0 Å². The Morgan fingerprint density at radius 3 is 2.70 bits per heavy atom. The Morgan fingerprint density at radius 1 is 1.25 bits per heavy atom. The molecule has 3 N–H and O–H groups in total. The number of sulfonamides is 1. The van der Waals surface area contributed by atoms with Gasteiger partial charge in [-0.3, -0.25) is 0 Å². The van der Waals surface area contributed by atoms with Gasteiger partial charge >= 0.3 is 0 Å². The van der Waals surface area contributed by atoms with Gasteiger partial charge in [0.05, 0.1) is 11.4 Å². The summed E-state index contributed by atoms with van der Waals surface area (Å²) in [6.07, 6.45) is 0.510. The molecule has 0 radical (unpaired) electrons. The summed E-state index contributed by atoms with van der Waals surface area (Å²) in [6, 6.07) is 10.0. The fourth-order valence-electron chi connectivity index (χ4n) is 1.73. The molecule has 20 heavy (non-hydrogen) atoms. The minimum Gasteiger partial charge on any atom is -0.310 e. The lowest BCUT2D eigenvalue weighted by molar-refractivity contribution is 0.590. The lowest BCUT2D eigenvalue weighted by Gasteiger charge is -2.01. The molecule has 0 spiro atoms. The number of aromatic nitrogens is 1. The van der Waals surface area contributed by atoms with E-state index in [1.54, 1.807) is 11.3 Å². The van der Waals surface area contributed by atoms with E-state index in [4.69, 9.17) is 5.14 Å². The van der Waals surface area contributed by atoms with E-state index in [1.807, 2.05) is 35.7 Å².